The summed E-state index contributed by atoms with van der Waals surface area (Å²) in [4.78, 5) is 126. The zero-order valence-electron chi connectivity index (χ0n) is 38.6. The van der Waals surface area contributed by atoms with Gasteiger partial charge in [0.2, 0.25) is 53.2 Å². The number of likely N-dealkylation sites (N-methyl/N-ethyl adjacent to an activating group) is 2. The number of rotatable bonds is 27. The molecular formula is C41H74N12O10. The fourth-order valence-corrected chi connectivity index (χ4v) is 6.79. The zero-order valence-corrected chi connectivity index (χ0v) is 38.6. The Hall–Kier alpha value is -5.54. The molecule has 0 aromatic carbocycles. The number of nitrogens with zero attached hydrogens (tertiary/aromatic N) is 3. The number of carbonyl (C=O) groups is 9. The molecule has 0 spiro atoms. The summed E-state index contributed by atoms with van der Waals surface area (Å²) in [6.07, 6.45) is 2.30. The number of guanidine groups is 1. The second-order valence-corrected chi connectivity index (χ2v) is 16.3. The fourth-order valence-electron chi connectivity index (χ4n) is 6.79. The van der Waals surface area contributed by atoms with Gasteiger partial charge in [-0.3, -0.25) is 48.1 Å². The van der Waals surface area contributed by atoms with Gasteiger partial charge in [-0.25, -0.2) is 0 Å². The molecule has 1 aliphatic rings. The number of hydrogen-bond acceptors (Lipinski definition) is 11. The van der Waals surface area contributed by atoms with Gasteiger partial charge < -0.3 is 63.6 Å². The number of carbonyl (C=O) groups excluding carboxylic acids is 9. The van der Waals surface area contributed by atoms with E-state index >= 15 is 0 Å². The van der Waals surface area contributed by atoms with Crippen LogP contribution in [0.1, 0.15) is 107 Å². The van der Waals surface area contributed by atoms with Crippen LogP contribution in [-0.2, 0) is 43.2 Å². The minimum absolute atomic E-state index is 0.103. The second kappa shape index (κ2) is 27.5. The standard InChI is InChI=1S/C41H74N12O10/c1-10-16-27(48-39(63)41(12-3,23-54)51-37(61)32(24(5)6)49-30(56)21-46-31(57)22-52(9)26(8)55)34(58)50-33(25(7)11-2)36(60)47-28(17-14-19-45-40(42)43)38(62)53-20-15-18-29(53)35(59)44-13-4/h24-25,27-29,32-33,54H,10-23H2,1-9H3,(H,44,59)(H,46,57)(H,47,60)(H,48,63)(H,49,56)(H,50,58)(H,51,61)(H4,42,43,45)/t25-,27-,28-,29-,32-,33-,41+/m0/s1. The molecule has 22 nitrogen and oxygen atoms in total. The maximum atomic E-state index is 14.1. The van der Waals surface area contributed by atoms with Crippen molar-refractivity contribution < 1.29 is 48.3 Å². The van der Waals surface area contributed by atoms with Crippen molar-refractivity contribution in [2.75, 3.05) is 46.4 Å². The Labute approximate surface area is 371 Å². The van der Waals surface area contributed by atoms with Gasteiger partial charge in [0.05, 0.1) is 19.7 Å². The monoisotopic (exact) mass is 895 g/mol. The van der Waals surface area contributed by atoms with Crippen molar-refractivity contribution in [3.05, 3.63) is 0 Å². The summed E-state index contributed by atoms with van der Waals surface area (Å²) in [5, 5.41) is 29.0. The van der Waals surface area contributed by atoms with Crippen LogP contribution in [0.25, 0.3) is 0 Å². The average molecular weight is 895 g/mol. The van der Waals surface area contributed by atoms with Gasteiger partial charge in [0.25, 0.3) is 0 Å². The molecule has 1 aliphatic heterocycles. The molecule has 0 aliphatic carbocycles. The number of aliphatic hydroxyl groups excluding tert-OH is 1. The Morgan fingerprint density at radius 1 is 0.841 bits per heavy atom. The lowest BCUT2D eigenvalue weighted by Gasteiger charge is -2.35. The smallest absolute Gasteiger partial charge is 0.248 e. The number of nitrogens with two attached hydrogens (primary N) is 2. The number of nitrogens with one attached hydrogen (secondary N) is 7. The van der Waals surface area contributed by atoms with E-state index in [4.69, 9.17) is 11.5 Å². The van der Waals surface area contributed by atoms with Crippen LogP contribution in [0.2, 0.25) is 0 Å². The third kappa shape index (κ3) is 17.6. The van der Waals surface area contributed by atoms with E-state index in [1.165, 1.54) is 18.9 Å². The number of hydrogen-bond donors (Lipinski definition) is 10. The van der Waals surface area contributed by atoms with Crippen molar-refractivity contribution in [3.8, 4) is 0 Å². The summed E-state index contributed by atoms with van der Waals surface area (Å²) < 4.78 is 0. The molecule has 358 valence electrons. The van der Waals surface area contributed by atoms with E-state index in [1.54, 1.807) is 41.5 Å². The molecule has 0 unspecified atom stereocenters. The van der Waals surface area contributed by atoms with Crippen LogP contribution in [0, 0.1) is 11.8 Å². The van der Waals surface area contributed by atoms with E-state index in [0.29, 0.717) is 45.2 Å². The van der Waals surface area contributed by atoms with E-state index in [-0.39, 0.29) is 50.1 Å². The molecule has 1 heterocycles. The summed E-state index contributed by atoms with van der Waals surface area (Å²) >= 11 is 0. The molecule has 63 heavy (non-hydrogen) atoms. The van der Waals surface area contributed by atoms with Gasteiger partial charge in [-0.05, 0) is 57.3 Å². The predicted molar refractivity (Wildman–Crippen MR) is 235 cm³/mol. The molecule has 0 bridgehead atoms. The van der Waals surface area contributed by atoms with Gasteiger partial charge in [0.1, 0.15) is 35.7 Å². The van der Waals surface area contributed by atoms with E-state index < -0.39 is 102 Å². The van der Waals surface area contributed by atoms with E-state index in [2.05, 4.69) is 42.2 Å². The van der Waals surface area contributed by atoms with Gasteiger partial charge in [0.15, 0.2) is 5.96 Å². The molecule has 0 saturated carbocycles. The number of likely N-dealkylation sites (tertiary alicyclic amines) is 1. The van der Waals surface area contributed by atoms with Crippen LogP contribution >= 0.6 is 0 Å². The third-order valence-corrected chi connectivity index (χ3v) is 11.0. The lowest BCUT2D eigenvalue weighted by molar-refractivity contribution is -0.142. The molecule has 0 aromatic heterocycles. The quantitative estimate of drug-likeness (QED) is 0.0232. The lowest BCUT2D eigenvalue weighted by Crippen LogP contribution is -2.67. The van der Waals surface area contributed by atoms with Gasteiger partial charge in [-0.2, -0.15) is 0 Å². The van der Waals surface area contributed by atoms with Crippen LogP contribution in [0.4, 0.5) is 0 Å². The topological polar surface area (TPSA) is 329 Å². The highest BCUT2D eigenvalue weighted by Gasteiger charge is 2.43. The molecule has 0 aromatic rings. The first-order chi connectivity index (χ1) is 29.6. The van der Waals surface area contributed by atoms with Gasteiger partial charge >= 0.3 is 0 Å². The maximum absolute atomic E-state index is 14.1. The van der Waals surface area contributed by atoms with Crippen molar-refractivity contribution >= 4 is 59.1 Å². The summed E-state index contributed by atoms with van der Waals surface area (Å²) in [5.41, 5.74) is 9.01. The molecule has 12 N–H and O–H groups in total. The first kappa shape index (κ1) is 55.5. The van der Waals surface area contributed by atoms with Crippen molar-refractivity contribution in [3.63, 3.8) is 0 Å². The summed E-state index contributed by atoms with van der Waals surface area (Å²) in [6.45, 7) is 12.4. The van der Waals surface area contributed by atoms with Crippen LogP contribution in [-0.4, -0.2) is 156 Å². The Bertz CT molecular complexity index is 1620. The molecule has 22 heteroatoms. The maximum Gasteiger partial charge on any atom is 0.248 e. The summed E-state index contributed by atoms with van der Waals surface area (Å²) in [6, 6.07) is -5.42. The Morgan fingerprint density at radius 3 is 2.05 bits per heavy atom. The predicted octanol–water partition coefficient (Wildman–Crippen LogP) is -2.54. The van der Waals surface area contributed by atoms with Crippen LogP contribution in [0.3, 0.4) is 0 Å². The first-order valence-corrected chi connectivity index (χ1v) is 21.9. The van der Waals surface area contributed by atoms with Gasteiger partial charge in [-0.15, -0.1) is 0 Å². The van der Waals surface area contributed by atoms with Crippen molar-refractivity contribution in [2.24, 2.45) is 28.3 Å². The molecule has 1 saturated heterocycles. The fraction of sp³-hybridized carbons (Fsp3) is 0.756. The highest BCUT2D eigenvalue weighted by atomic mass is 16.3. The minimum Gasteiger partial charge on any atom is -0.393 e. The van der Waals surface area contributed by atoms with Gasteiger partial charge in [-0.1, -0.05) is 54.4 Å². The lowest BCUT2D eigenvalue weighted by atomic mass is 9.92. The normalized spacial score (nSPS) is 16.7. The molecule has 1 fully saturated rings. The molecule has 1 rings (SSSR count). The van der Waals surface area contributed by atoms with Crippen LogP contribution in [0.15, 0.2) is 4.99 Å². The number of amides is 9. The van der Waals surface area contributed by atoms with Crippen LogP contribution < -0.4 is 48.7 Å². The highest BCUT2D eigenvalue weighted by Crippen LogP contribution is 2.21. The largest absolute Gasteiger partial charge is 0.393 e. The number of aliphatic imine (C=N–C) groups is 1. The Balaban J connectivity index is 3.29. The van der Waals surface area contributed by atoms with E-state index in [0.717, 1.165) is 4.90 Å². The molecule has 7 atom stereocenters. The Kier molecular flexibility index (Phi) is 24.2. The SMILES string of the molecule is CCC[C@H](NC(=O)[C@@](CC)(CO)NC(=O)[C@@H](NC(=O)CNC(=O)CN(C)C(C)=O)C(C)C)C(=O)N[C@H](C(=O)N[C@@H](CCCN=C(N)N)C(=O)N1CCC[C@H]1C(=O)NCC)[C@@H](C)CC. The van der Waals surface area contributed by atoms with Crippen LogP contribution in [0.5, 0.6) is 0 Å². The minimum atomic E-state index is -1.95. The molecular weight excluding hydrogens is 821 g/mol. The highest BCUT2D eigenvalue weighted by molar-refractivity contribution is 5.99. The summed E-state index contributed by atoms with van der Waals surface area (Å²) in [5.74, 6) is -6.64. The van der Waals surface area contributed by atoms with Crippen molar-refractivity contribution in [1.82, 2.24) is 47.0 Å². The van der Waals surface area contributed by atoms with Crippen molar-refractivity contribution in [1.29, 1.82) is 0 Å². The molecule has 0 radical (unpaired) electrons. The third-order valence-electron chi connectivity index (χ3n) is 11.0. The first-order valence-electron chi connectivity index (χ1n) is 21.9. The summed E-state index contributed by atoms with van der Waals surface area (Å²) in [7, 11) is 1.42. The average Bonchev–Trinajstić information content (AvgIpc) is 3.73. The number of aliphatic hydroxyl groups is 1. The van der Waals surface area contributed by atoms with Crippen molar-refractivity contribution in [2.45, 2.75) is 143 Å². The van der Waals surface area contributed by atoms with E-state index in [9.17, 15) is 48.3 Å². The van der Waals surface area contributed by atoms with E-state index in [1.807, 2.05) is 6.92 Å². The zero-order chi connectivity index (χ0) is 48.0. The Morgan fingerprint density at radius 2 is 1.51 bits per heavy atom. The molecule has 9 amide bonds. The second-order valence-electron chi connectivity index (χ2n) is 16.3. The van der Waals surface area contributed by atoms with Gasteiger partial charge in [0, 0.05) is 33.6 Å².